The first-order valence-corrected chi connectivity index (χ1v) is 7.33. The van der Waals surface area contributed by atoms with Crippen LogP contribution in [-0.2, 0) is 16.8 Å². The molecule has 1 saturated heterocycles. The van der Waals surface area contributed by atoms with Gasteiger partial charge in [0.25, 0.3) is 0 Å². The van der Waals surface area contributed by atoms with E-state index in [1.54, 1.807) is 0 Å². The Labute approximate surface area is 113 Å². The topological polar surface area (TPSA) is 74.2 Å². The molecule has 2 N–H and O–H groups in total. The summed E-state index contributed by atoms with van der Waals surface area (Å²) in [5.74, 6) is 1.42. The smallest absolute Gasteiger partial charge is 0.227 e. The molecule has 1 unspecified atom stereocenters. The first-order chi connectivity index (χ1) is 9.16. The Balaban J connectivity index is 1.72. The lowest BCUT2D eigenvalue weighted by atomic mass is 9.67. The summed E-state index contributed by atoms with van der Waals surface area (Å²) in [5.41, 5.74) is 5.72. The predicted molar refractivity (Wildman–Crippen MR) is 70.5 cm³/mol. The van der Waals surface area contributed by atoms with Crippen LogP contribution in [0.15, 0.2) is 4.52 Å². The molecule has 5 nitrogen and oxygen atoms in total. The third-order valence-corrected chi connectivity index (χ3v) is 4.78. The zero-order valence-corrected chi connectivity index (χ0v) is 11.7. The van der Waals surface area contributed by atoms with E-state index in [0.29, 0.717) is 12.4 Å². The molecule has 1 aliphatic carbocycles. The van der Waals surface area contributed by atoms with Crippen LogP contribution in [0.5, 0.6) is 0 Å². The van der Waals surface area contributed by atoms with E-state index >= 15 is 0 Å². The second-order valence-electron chi connectivity index (χ2n) is 6.28. The first kappa shape index (κ1) is 13.1. The van der Waals surface area contributed by atoms with Gasteiger partial charge >= 0.3 is 0 Å². The molecule has 2 fully saturated rings. The summed E-state index contributed by atoms with van der Waals surface area (Å²) in [6.07, 6.45) is 7.67. The minimum absolute atomic E-state index is 0.206. The number of aromatic nitrogens is 2. The van der Waals surface area contributed by atoms with E-state index in [2.05, 4.69) is 17.1 Å². The quantitative estimate of drug-likeness (QED) is 0.903. The van der Waals surface area contributed by atoms with E-state index in [9.17, 15) is 0 Å². The highest BCUT2D eigenvalue weighted by molar-refractivity contribution is 5.03. The molecular formula is C14H23N3O2. The molecule has 1 aromatic rings. The third-order valence-electron chi connectivity index (χ3n) is 4.78. The minimum Gasteiger partial charge on any atom is -0.367 e. The van der Waals surface area contributed by atoms with Gasteiger partial charge in [-0.25, -0.2) is 0 Å². The van der Waals surface area contributed by atoms with Crippen molar-refractivity contribution >= 4 is 0 Å². The highest BCUT2D eigenvalue weighted by atomic mass is 16.5. The molecule has 0 amide bonds. The van der Waals surface area contributed by atoms with Crippen LogP contribution in [0.2, 0.25) is 0 Å². The number of nitrogens with zero attached hydrogens (tertiary/aromatic N) is 2. The Morgan fingerprint density at radius 2 is 2.05 bits per heavy atom. The largest absolute Gasteiger partial charge is 0.367 e. The maximum atomic E-state index is 5.88. The van der Waals surface area contributed by atoms with Gasteiger partial charge in [-0.2, -0.15) is 4.98 Å². The molecule has 0 aromatic carbocycles. The van der Waals surface area contributed by atoms with Crippen LogP contribution in [0.3, 0.4) is 0 Å². The van der Waals surface area contributed by atoms with Crippen molar-refractivity contribution in [1.82, 2.24) is 10.1 Å². The molecular weight excluding hydrogens is 242 g/mol. The molecule has 2 aliphatic rings. The molecule has 1 atom stereocenters. The monoisotopic (exact) mass is 265 g/mol. The average molecular weight is 265 g/mol. The summed E-state index contributed by atoms with van der Waals surface area (Å²) >= 11 is 0. The van der Waals surface area contributed by atoms with Gasteiger partial charge in [0.15, 0.2) is 0 Å². The Morgan fingerprint density at radius 1 is 1.21 bits per heavy atom. The van der Waals surface area contributed by atoms with Gasteiger partial charge in [0, 0.05) is 13.0 Å². The highest BCUT2D eigenvalue weighted by Gasteiger charge is 2.39. The van der Waals surface area contributed by atoms with E-state index in [0.717, 1.165) is 38.2 Å². The first-order valence-electron chi connectivity index (χ1n) is 7.33. The van der Waals surface area contributed by atoms with E-state index in [-0.39, 0.29) is 11.0 Å². The van der Waals surface area contributed by atoms with Gasteiger partial charge in [-0.1, -0.05) is 11.6 Å². The van der Waals surface area contributed by atoms with Gasteiger partial charge in [-0.3, -0.25) is 0 Å². The van der Waals surface area contributed by atoms with Gasteiger partial charge in [-0.05, 0) is 51.0 Å². The van der Waals surface area contributed by atoms with E-state index in [1.165, 1.54) is 19.3 Å². The van der Waals surface area contributed by atoms with Crippen LogP contribution in [0.4, 0.5) is 0 Å². The fourth-order valence-electron chi connectivity index (χ4n) is 3.10. The molecule has 0 bridgehead atoms. The molecule has 1 saturated carbocycles. The summed E-state index contributed by atoms with van der Waals surface area (Å²) in [6.45, 7) is 3.55. The lowest BCUT2D eigenvalue weighted by molar-refractivity contribution is -0.0770. The molecule has 106 valence electrons. The average Bonchev–Trinajstić information content (AvgIpc) is 2.84. The lowest BCUT2D eigenvalue weighted by Crippen LogP contribution is -2.39. The van der Waals surface area contributed by atoms with Gasteiger partial charge in [-0.15, -0.1) is 0 Å². The molecule has 0 radical (unpaired) electrons. The van der Waals surface area contributed by atoms with Gasteiger partial charge in [0.2, 0.25) is 11.7 Å². The maximum absolute atomic E-state index is 5.88. The third kappa shape index (κ3) is 2.41. The fraction of sp³-hybridized carbons (Fsp3) is 0.857. The maximum Gasteiger partial charge on any atom is 0.227 e. The Morgan fingerprint density at radius 3 is 2.63 bits per heavy atom. The van der Waals surface area contributed by atoms with Gasteiger partial charge in [0.05, 0.1) is 0 Å². The van der Waals surface area contributed by atoms with Crippen LogP contribution in [0.1, 0.15) is 57.2 Å². The Bertz CT molecular complexity index is 428. The molecule has 5 heteroatoms. The van der Waals surface area contributed by atoms with E-state index < -0.39 is 0 Å². The summed E-state index contributed by atoms with van der Waals surface area (Å²) in [6, 6.07) is 0. The number of hydrogen-bond acceptors (Lipinski definition) is 5. The van der Waals surface area contributed by atoms with Crippen LogP contribution in [0.25, 0.3) is 0 Å². The van der Waals surface area contributed by atoms with Crippen molar-refractivity contribution in [3.63, 3.8) is 0 Å². The highest BCUT2D eigenvalue weighted by Crippen LogP contribution is 2.42. The summed E-state index contributed by atoms with van der Waals surface area (Å²) in [7, 11) is 0. The number of rotatable bonds is 4. The fourth-order valence-corrected chi connectivity index (χ4v) is 3.10. The van der Waals surface area contributed by atoms with E-state index in [4.69, 9.17) is 15.0 Å². The number of ether oxygens (including phenoxy) is 1. The Kier molecular flexibility index (Phi) is 3.35. The molecule has 1 aliphatic heterocycles. The molecule has 19 heavy (non-hydrogen) atoms. The van der Waals surface area contributed by atoms with Crippen molar-refractivity contribution in [2.45, 2.75) is 57.5 Å². The van der Waals surface area contributed by atoms with Crippen LogP contribution >= 0.6 is 0 Å². The normalized spacial score (nSPS) is 30.0. The standard InChI is InChI=1S/C14H23N3O2/c1-13(5-2-3-8-18-13)12-16-11(19-17-12)9-14(10-15)6-4-7-14/h2-10,15H2,1H3. The summed E-state index contributed by atoms with van der Waals surface area (Å²) in [4.78, 5) is 4.56. The van der Waals surface area contributed by atoms with Gasteiger partial charge in [0.1, 0.15) is 5.60 Å². The van der Waals surface area contributed by atoms with Crippen molar-refractivity contribution in [3.8, 4) is 0 Å². The van der Waals surface area contributed by atoms with Gasteiger partial charge < -0.3 is 15.0 Å². The van der Waals surface area contributed by atoms with Crippen LogP contribution < -0.4 is 5.73 Å². The molecule has 3 rings (SSSR count). The van der Waals surface area contributed by atoms with Crippen molar-refractivity contribution in [2.75, 3.05) is 13.2 Å². The summed E-state index contributed by atoms with van der Waals surface area (Å²) in [5, 5.41) is 4.14. The Hall–Kier alpha value is -0.940. The second kappa shape index (κ2) is 4.87. The van der Waals surface area contributed by atoms with Crippen molar-refractivity contribution < 1.29 is 9.26 Å². The van der Waals surface area contributed by atoms with Crippen LogP contribution in [-0.4, -0.2) is 23.3 Å². The second-order valence-corrected chi connectivity index (χ2v) is 6.28. The SMILES string of the molecule is CC1(c2noc(CC3(CN)CCC3)n2)CCCCO1. The zero-order chi connectivity index (χ0) is 13.3. The van der Waals surface area contributed by atoms with E-state index in [1.807, 2.05) is 0 Å². The molecule has 1 aromatic heterocycles. The zero-order valence-electron chi connectivity index (χ0n) is 11.7. The van der Waals surface area contributed by atoms with Crippen molar-refractivity contribution in [2.24, 2.45) is 11.1 Å². The number of hydrogen-bond donors (Lipinski definition) is 1. The van der Waals surface area contributed by atoms with Crippen molar-refractivity contribution in [3.05, 3.63) is 11.7 Å². The predicted octanol–water partition coefficient (Wildman–Crippen LogP) is 2.16. The number of nitrogens with two attached hydrogens (primary N) is 1. The summed E-state index contributed by atoms with van der Waals surface area (Å²) < 4.78 is 11.3. The van der Waals surface area contributed by atoms with Crippen molar-refractivity contribution in [1.29, 1.82) is 0 Å². The van der Waals surface area contributed by atoms with Crippen LogP contribution in [0, 0.1) is 5.41 Å². The molecule has 0 spiro atoms. The minimum atomic E-state index is -0.366. The molecule has 2 heterocycles. The lowest BCUT2D eigenvalue weighted by Gasteiger charge is -2.39.